The number of nitrogens with zero attached hydrogens (tertiary/aromatic N) is 5. The van der Waals surface area contributed by atoms with Crippen LogP contribution in [0.15, 0.2) is 36.8 Å². The number of hydrogen-bond acceptors (Lipinski definition) is 8. The molecule has 1 amide bonds. The van der Waals surface area contributed by atoms with Crippen LogP contribution in [0.3, 0.4) is 0 Å². The molecule has 0 spiro atoms. The van der Waals surface area contributed by atoms with Gasteiger partial charge in [0.2, 0.25) is 5.91 Å². The molecule has 35 heavy (non-hydrogen) atoms. The van der Waals surface area contributed by atoms with Crippen LogP contribution in [-0.2, 0) is 11.0 Å². The van der Waals surface area contributed by atoms with Crippen LogP contribution in [0, 0.1) is 22.7 Å². The number of aromatic nitrogens is 3. The van der Waals surface area contributed by atoms with Crippen molar-refractivity contribution in [3.8, 4) is 6.07 Å². The highest BCUT2D eigenvalue weighted by Gasteiger charge is 2.58. The number of hydrazine groups is 1. The maximum absolute atomic E-state index is 13.2. The van der Waals surface area contributed by atoms with Gasteiger partial charge in [-0.05, 0) is 37.5 Å². The molecule has 1 saturated carbocycles. The lowest BCUT2D eigenvalue weighted by atomic mass is 9.58. The third-order valence-electron chi connectivity index (χ3n) is 7.65. The standard InChI is InChI=1S/C23H25F3N8O/c1-12(13-4-5-16(30-11-13)23(24,25)26)34-19-17(15(10-27)33-34)20(35)32-21(31-19)22(2)7-6-14(22)18-28-8-3-9-29-18/h3-5,8-9,11-12,14-15,17,19,21,31,33H,6-7H2,1-2H3,(H,32,35)/t12-,14-,15?,17?,19?,21?,22+/m0/s1. The van der Waals surface area contributed by atoms with Crippen LogP contribution in [-0.4, -0.2) is 44.2 Å². The zero-order valence-electron chi connectivity index (χ0n) is 19.1. The molecule has 2 aliphatic heterocycles. The number of carbonyl (C=O) groups excluding carboxylic acids is 1. The van der Waals surface area contributed by atoms with E-state index in [9.17, 15) is 23.2 Å². The minimum atomic E-state index is -4.53. The van der Waals surface area contributed by atoms with E-state index in [-0.39, 0.29) is 17.2 Å². The number of pyridine rings is 1. The number of amides is 1. The van der Waals surface area contributed by atoms with Crippen molar-refractivity contribution in [3.05, 3.63) is 53.9 Å². The number of nitriles is 1. The maximum Gasteiger partial charge on any atom is 0.433 e. The highest BCUT2D eigenvalue weighted by molar-refractivity contribution is 5.82. The topological polar surface area (TPSA) is 119 Å². The van der Waals surface area contributed by atoms with E-state index in [2.05, 4.69) is 44.0 Å². The molecule has 0 bridgehead atoms. The lowest BCUT2D eigenvalue weighted by Crippen LogP contribution is -2.71. The smallest absolute Gasteiger partial charge is 0.340 e. The fourth-order valence-electron chi connectivity index (χ4n) is 5.41. The number of alkyl halides is 3. The SMILES string of the molecule is C[C@@H](c1ccc(C(F)(F)F)nc1)N1NC(C#N)C2C(=O)NC([C@]3(C)CC[C@H]3c3ncccn3)NC21. The van der Waals surface area contributed by atoms with Crippen molar-refractivity contribution in [1.82, 2.24) is 36.0 Å². The summed E-state index contributed by atoms with van der Waals surface area (Å²) in [5.74, 6) is -0.181. The average molecular weight is 487 g/mol. The summed E-state index contributed by atoms with van der Waals surface area (Å²) in [7, 11) is 0. The summed E-state index contributed by atoms with van der Waals surface area (Å²) in [5.41, 5.74) is 2.28. The van der Waals surface area contributed by atoms with Crippen molar-refractivity contribution in [1.29, 1.82) is 5.26 Å². The van der Waals surface area contributed by atoms with E-state index in [0.29, 0.717) is 5.56 Å². The first kappa shape index (κ1) is 23.6. The van der Waals surface area contributed by atoms with Crippen molar-refractivity contribution in [2.24, 2.45) is 11.3 Å². The Hall–Kier alpha value is -3.14. The summed E-state index contributed by atoms with van der Waals surface area (Å²) in [6.07, 6.45) is 0.827. The van der Waals surface area contributed by atoms with Gasteiger partial charge in [0, 0.05) is 36.0 Å². The third-order valence-corrected chi connectivity index (χ3v) is 7.65. The molecule has 12 heteroatoms. The molecule has 4 heterocycles. The fourth-order valence-corrected chi connectivity index (χ4v) is 5.41. The monoisotopic (exact) mass is 486 g/mol. The number of carbonyl (C=O) groups is 1. The molecule has 2 aromatic rings. The molecule has 5 rings (SSSR count). The van der Waals surface area contributed by atoms with Gasteiger partial charge in [-0.3, -0.25) is 15.1 Å². The Bertz CT molecular complexity index is 1140. The average Bonchev–Trinajstić information content (AvgIpc) is 3.22. The molecule has 4 unspecified atom stereocenters. The molecule has 2 aromatic heterocycles. The van der Waals surface area contributed by atoms with E-state index in [4.69, 9.17) is 0 Å². The minimum absolute atomic E-state index is 0.0455. The van der Waals surface area contributed by atoms with Gasteiger partial charge in [-0.2, -0.15) is 18.4 Å². The number of fused-ring (bicyclic) bond motifs is 1. The van der Waals surface area contributed by atoms with Crippen LogP contribution >= 0.6 is 0 Å². The van der Waals surface area contributed by atoms with E-state index >= 15 is 0 Å². The Kier molecular flexibility index (Phi) is 5.74. The molecule has 0 radical (unpaired) electrons. The maximum atomic E-state index is 13.2. The molecule has 3 N–H and O–H groups in total. The van der Waals surface area contributed by atoms with Crippen LogP contribution in [0.4, 0.5) is 13.2 Å². The summed E-state index contributed by atoms with van der Waals surface area (Å²) in [6, 6.07) is 4.95. The molecule has 184 valence electrons. The first-order valence-corrected chi connectivity index (χ1v) is 11.4. The largest absolute Gasteiger partial charge is 0.433 e. The molecule has 9 nitrogen and oxygen atoms in total. The summed E-state index contributed by atoms with van der Waals surface area (Å²) >= 11 is 0. The minimum Gasteiger partial charge on any atom is -0.340 e. The highest BCUT2D eigenvalue weighted by atomic mass is 19.4. The normalized spacial score (nSPS) is 33.8. The molecule has 3 fully saturated rings. The van der Waals surface area contributed by atoms with E-state index < -0.39 is 42.2 Å². The Morgan fingerprint density at radius 2 is 2.00 bits per heavy atom. The van der Waals surface area contributed by atoms with Crippen LogP contribution in [0.25, 0.3) is 0 Å². The second kappa shape index (κ2) is 8.51. The number of hydrogen-bond donors (Lipinski definition) is 3. The predicted molar refractivity (Wildman–Crippen MR) is 116 cm³/mol. The lowest BCUT2D eigenvalue weighted by Gasteiger charge is -2.54. The van der Waals surface area contributed by atoms with Crippen molar-refractivity contribution in [3.63, 3.8) is 0 Å². The molecule has 7 atom stereocenters. The van der Waals surface area contributed by atoms with Crippen LogP contribution in [0.2, 0.25) is 0 Å². The second-order valence-corrected chi connectivity index (χ2v) is 9.58. The zero-order chi connectivity index (χ0) is 25.0. The van der Waals surface area contributed by atoms with E-state index in [1.165, 1.54) is 12.3 Å². The van der Waals surface area contributed by atoms with Gasteiger partial charge >= 0.3 is 6.18 Å². The lowest BCUT2D eigenvalue weighted by molar-refractivity contribution is -0.141. The Labute approximate surface area is 200 Å². The van der Waals surface area contributed by atoms with Crippen LogP contribution < -0.4 is 16.1 Å². The Morgan fingerprint density at radius 3 is 2.57 bits per heavy atom. The Morgan fingerprint density at radius 1 is 1.26 bits per heavy atom. The van der Waals surface area contributed by atoms with Crippen molar-refractivity contribution in [2.45, 2.75) is 63.2 Å². The molecule has 1 aliphatic carbocycles. The van der Waals surface area contributed by atoms with Gasteiger partial charge in [-0.1, -0.05) is 13.0 Å². The molecule has 0 aromatic carbocycles. The van der Waals surface area contributed by atoms with Gasteiger partial charge in [0.25, 0.3) is 0 Å². The van der Waals surface area contributed by atoms with Crippen LogP contribution in [0.5, 0.6) is 0 Å². The summed E-state index contributed by atoms with van der Waals surface area (Å²) < 4.78 is 38.8. The Balaban J connectivity index is 1.41. The van der Waals surface area contributed by atoms with Gasteiger partial charge < -0.3 is 5.32 Å². The van der Waals surface area contributed by atoms with Gasteiger partial charge in [0.15, 0.2) is 0 Å². The molecule has 3 aliphatic rings. The number of halogens is 3. The fraction of sp³-hybridized carbons (Fsp3) is 0.522. The molecule has 2 saturated heterocycles. The van der Waals surface area contributed by atoms with Gasteiger partial charge in [-0.15, -0.1) is 0 Å². The van der Waals surface area contributed by atoms with E-state index in [1.807, 2.05) is 0 Å². The molecular formula is C23H25F3N8O. The molecular weight excluding hydrogens is 461 g/mol. The first-order valence-electron chi connectivity index (χ1n) is 11.4. The van der Waals surface area contributed by atoms with Crippen molar-refractivity contribution in [2.75, 3.05) is 0 Å². The van der Waals surface area contributed by atoms with E-state index in [0.717, 1.165) is 24.7 Å². The van der Waals surface area contributed by atoms with Gasteiger partial charge in [0.1, 0.15) is 17.6 Å². The van der Waals surface area contributed by atoms with Crippen molar-refractivity contribution >= 4 is 5.91 Å². The van der Waals surface area contributed by atoms with Gasteiger partial charge in [0.05, 0.1) is 24.3 Å². The zero-order valence-corrected chi connectivity index (χ0v) is 19.1. The predicted octanol–water partition coefficient (Wildman–Crippen LogP) is 2.24. The van der Waals surface area contributed by atoms with E-state index in [1.54, 1.807) is 30.4 Å². The second-order valence-electron chi connectivity index (χ2n) is 9.58. The van der Waals surface area contributed by atoms with Crippen molar-refractivity contribution < 1.29 is 18.0 Å². The number of rotatable bonds is 4. The number of nitrogens with one attached hydrogen (secondary N) is 3. The summed E-state index contributed by atoms with van der Waals surface area (Å²) in [5, 5.41) is 18.0. The first-order chi connectivity index (χ1) is 16.6. The summed E-state index contributed by atoms with van der Waals surface area (Å²) in [6.45, 7) is 3.87. The van der Waals surface area contributed by atoms with Crippen LogP contribution in [0.1, 0.15) is 55.7 Å². The van der Waals surface area contributed by atoms with Gasteiger partial charge in [-0.25, -0.2) is 20.4 Å². The highest BCUT2D eigenvalue weighted by Crippen LogP contribution is 2.54. The summed E-state index contributed by atoms with van der Waals surface area (Å²) in [4.78, 5) is 25.6. The quantitative estimate of drug-likeness (QED) is 0.602. The third kappa shape index (κ3) is 3.93.